The number of hydrogen-bond acceptors (Lipinski definition) is 2. The van der Waals surface area contributed by atoms with Crippen LogP contribution in [0.25, 0.3) is 6.08 Å². The van der Waals surface area contributed by atoms with Gasteiger partial charge in [0.2, 0.25) is 0 Å². The molecule has 3 aromatic carbocycles. The molecule has 0 aliphatic carbocycles. The number of rotatable bonds is 5. The molecule has 28 heavy (non-hydrogen) atoms. The van der Waals surface area contributed by atoms with E-state index in [1.54, 1.807) is 6.08 Å². The average molecular weight is 370 g/mol. The first-order valence-electron chi connectivity index (χ1n) is 9.04. The van der Waals surface area contributed by atoms with Gasteiger partial charge in [0.15, 0.2) is 0 Å². The summed E-state index contributed by atoms with van der Waals surface area (Å²) in [5, 5.41) is 5.59. The SMILES string of the molecule is Cc1ccc(NC(=O)C(=Cc2ccccc2)C(=O)Nc2ccc(C)cc2)cc1. The van der Waals surface area contributed by atoms with E-state index in [4.69, 9.17) is 0 Å². The van der Waals surface area contributed by atoms with Crippen molar-refractivity contribution < 1.29 is 9.59 Å². The minimum absolute atomic E-state index is 0.0346. The summed E-state index contributed by atoms with van der Waals surface area (Å²) in [5.74, 6) is -0.922. The Hall–Kier alpha value is -3.66. The number of nitrogens with one attached hydrogen (secondary N) is 2. The quantitative estimate of drug-likeness (QED) is 0.379. The third-order valence-electron chi connectivity index (χ3n) is 4.22. The van der Waals surface area contributed by atoms with Gasteiger partial charge < -0.3 is 10.6 Å². The molecule has 0 radical (unpaired) electrons. The zero-order valence-corrected chi connectivity index (χ0v) is 15.9. The second kappa shape index (κ2) is 8.82. The van der Waals surface area contributed by atoms with Crippen LogP contribution in [-0.4, -0.2) is 11.8 Å². The molecule has 2 amide bonds. The summed E-state index contributed by atoms with van der Waals surface area (Å²) in [6.45, 7) is 3.95. The van der Waals surface area contributed by atoms with Gasteiger partial charge in [0.25, 0.3) is 11.8 Å². The number of carbonyl (C=O) groups excluding carboxylic acids is 2. The molecule has 0 spiro atoms. The van der Waals surface area contributed by atoms with Gasteiger partial charge in [0.1, 0.15) is 5.57 Å². The first-order valence-corrected chi connectivity index (χ1v) is 9.04. The monoisotopic (exact) mass is 370 g/mol. The van der Waals surface area contributed by atoms with Gasteiger partial charge in [0, 0.05) is 11.4 Å². The van der Waals surface area contributed by atoms with Crippen LogP contribution in [0, 0.1) is 13.8 Å². The highest BCUT2D eigenvalue weighted by atomic mass is 16.2. The maximum atomic E-state index is 12.8. The molecule has 0 aliphatic heterocycles. The Bertz CT molecular complexity index is 928. The number of benzene rings is 3. The normalized spacial score (nSPS) is 10.1. The van der Waals surface area contributed by atoms with E-state index in [1.165, 1.54) is 0 Å². The lowest BCUT2D eigenvalue weighted by Crippen LogP contribution is -2.25. The third-order valence-corrected chi connectivity index (χ3v) is 4.22. The number of hydrogen-bond donors (Lipinski definition) is 2. The molecule has 0 bridgehead atoms. The van der Waals surface area contributed by atoms with Crippen molar-refractivity contribution in [1.29, 1.82) is 0 Å². The Morgan fingerprint density at radius 2 is 1.07 bits per heavy atom. The van der Waals surface area contributed by atoms with Crippen molar-refractivity contribution in [2.45, 2.75) is 13.8 Å². The summed E-state index contributed by atoms with van der Waals surface area (Å²) < 4.78 is 0. The van der Waals surface area contributed by atoms with Crippen LogP contribution < -0.4 is 10.6 Å². The molecule has 0 fully saturated rings. The standard InChI is InChI=1S/C24H22N2O2/c1-17-8-12-20(13-9-17)25-23(27)22(16-19-6-4-3-5-7-19)24(28)26-21-14-10-18(2)11-15-21/h3-16H,1-2H3,(H,25,27)(H,26,28). The molecule has 3 aromatic rings. The Morgan fingerprint density at radius 3 is 1.50 bits per heavy atom. The van der Waals surface area contributed by atoms with Gasteiger partial charge in [-0.2, -0.15) is 0 Å². The molecule has 0 saturated carbocycles. The number of aryl methyl sites for hydroxylation is 2. The van der Waals surface area contributed by atoms with Crippen molar-refractivity contribution in [2.75, 3.05) is 10.6 Å². The van der Waals surface area contributed by atoms with E-state index >= 15 is 0 Å². The lowest BCUT2D eigenvalue weighted by atomic mass is 10.1. The van der Waals surface area contributed by atoms with Gasteiger partial charge in [-0.15, -0.1) is 0 Å². The Kier molecular flexibility index (Phi) is 6.02. The van der Waals surface area contributed by atoms with Crippen LogP contribution in [0.2, 0.25) is 0 Å². The Morgan fingerprint density at radius 1 is 0.643 bits per heavy atom. The Labute approximate surface area is 164 Å². The molecule has 0 unspecified atom stereocenters. The summed E-state index contributed by atoms with van der Waals surface area (Å²) in [7, 11) is 0. The second-order valence-corrected chi connectivity index (χ2v) is 6.61. The van der Waals surface area contributed by atoms with Gasteiger partial charge in [-0.1, -0.05) is 65.7 Å². The molecule has 0 heterocycles. The molecular weight excluding hydrogens is 348 g/mol. The van der Waals surface area contributed by atoms with Crippen LogP contribution in [-0.2, 0) is 9.59 Å². The van der Waals surface area contributed by atoms with E-state index in [9.17, 15) is 9.59 Å². The van der Waals surface area contributed by atoms with Crippen molar-refractivity contribution in [2.24, 2.45) is 0 Å². The van der Waals surface area contributed by atoms with E-state index in [-0.39, 0.29) is 5.57 Å². The third kappa shape index (κ3) is 5.17. The number of anilines is 2. The molecule has 4 heteroatoms. The maximum absolute atomic E-state index is 12.8. The van der Waals surface area contributed by atoms with Crippen LogP contribution in [0.1, 0.15) is 16.7 Å². The number of amides is 2. The highest BCUT2D eigenvalue weighted by Crippen LogP contribution is 2.15. The van der Waals surface area contributed by atoms with Crippen LogP contribution in [0.3, 0.4) is 0 Å². The van der Waals surface area contributed by atoms with E-state index in [0.29, 0.717) is 11.4 Å². The lowest BCUT2D eigenvalue weighted by molar-refractivity contribution is -0.118. The van der Waals surface area contributed by atoms with E-state index in [1.807, 2.05) is 92.7 Å². The van der Waals surface area contributed by atoms with Crippen molar-refractivity contribution >= 4 is 29.3 Å². The summed E-state index contributed by atoms with van der Waals surface area (Å²) in [4.78, 5) is 25.7. The first kappa shape index (κ1) is 19.1. The molecule has 0 atom stereocenters. The number of carbonyl (C=O) groups is 2. The van der Waals surface area contributed by atoms with Gasteiger partial charge in [0.05, 0.1) is 0 Å². The summed E-state index contributed by atoms with van der Waals surface area (Å²) in [6, 6.07) is 24.2. The fraction of sp³-hybridized carbons (Fsp3) is 0.0833. The van der Waals surface area contributed by atoms with E-state index in [0.717, 1.165) is 16.7 Å². The van der Waals surface area contributed by atoms with Crippen LogP contribution in [0.4, 0.5) is 11.4 Å². The van der Waals surface area contributed by atoms with Gasteiger partial charge in [-0.25, -0.2) is 0 Å². The van der Waals surface area contributed by atoms with Gasteiger partial charge in [-0.3, -0.25) is 9.59 Å². The van der Waals surface area contributed by atoms with Gasteiger partial charge >= 0.3 is 0 Å². The van der Waals surface area contributed by atoms with Crippen LogP contribution in [0.15, 0.2) is 84.4 Å². The second-order valence-electron chi connectivity index (χ2n) is 6.61. The van der Waals surface area contributed by atoms with Crippen molar-refractivity contribution in [1.82, 2.24) is 0 Å². The van der Waals surface area contributed by atoms with E-state index < -0.39 is 11.8 Å². The zero-order chi connectivity index (χ0) is 19.9. The molecule has 0 saturated heterocycles. The molecule has 140 valence electrons. The highest BCUT2D eigenvalue weighted by Gasteiger charge is 2.19. The minimum atomic E-state index is -0.461. The first-order chi connectivity index (χ1) is 13.5. The van der Waals surface area contributed by atoms with E-state index in [2.05, 4.69) is 10.6 Å². The smallest absolute Gasteiger partial charge is 0.261 e. The summed E-state index contributed by atoms with van der Waals surface area (Å²) in [6.07, 6.45) is 1.59. The van der Waals surface area contributed by atoms with Crippen molar-refractivity contribution in [3.05, 3.63) is 101 Å². The van der Waals surface area contributed by atoms with Crippen LogP contribution >= 0.6 is 0 Å². The average Bonchev–Trinajstić information content (AvgIpc) is 2.70. The van der Waals surface area contributed by atoms with Crippen LogP contribution in [0.5, 0.6) is 0 Å². The maximum Gasteiger partial charge on any atom is 0.261 e. The van der Waals surface area contributed by atoms with Crippen molar-refractivity contribution in [3.63, 3.8) is 0 Å². The molecule has 0 aromatic heterocycles. The summed E-state index contributed by atoms with van der Waals surface area (Å²) >= 11 is 0. The van der Waals surface area contributed by atoms with Gasteiger partial charge in [-0.05, 0) is 49.8 Å². The molecular formula is C24H22N2O2. The highest BCUT2D eigenvalue weighted by molar-refractivity contribution is 6.28. The molecule has 4 nitrogen and oxygen atoms in total. The fourth-order valence-electron chi connectivity index (χ4n) is 2.62. The lowest BCUT2D eigenvalue weighted by Gasteiger charge is -2.11. The minimum Gasteiger partial charge on any atom is -0.322 e. The largest absolute Gasteiger partial charge is 0.322 e. The fourth-order valence-corrected chi connectivity index (χ4v) is 2.62. The molecule has 3 rings (SSSR count). The predicted molar refractivity (Wildman–Crippen MR) is 114 cm³/mol. The predicted octanol–water partition coefficient (Wildman–Crippen LogP) is 4.96. The molecule has 0 aliphatic rings. The topological polar surface area (TPSA) is 58.2 Å². The Balaban J connectivity index is 1.86. The molecule has 2 N–H and O–H groups in total. The van der Waals surface area contributed by atoms with Crippen molar-refractivity contribution in [3.8, 4) is 0 Å². The summed E-state index contributed by atoms with van der Waals surface area (Å²) in [5.41, 5.74) is 4.27. The zero-order valence-electron chi connectivity index (χ0n) is 15.9.